The van der Waals surface area contributed by atoms with Crippen molar-refractivity contribution in [1.29, 1.82) is 0 Å². The van der Waals surface area contributed by atoms with Crippen molar-refractivity contribution in [3.63, 3.8) is 0 Å². The van der Waals surface area contributed by atoms with Crippen molar-refractivity contribution in [3.8, 4) is 5.69 Å². The first-order chi connectivity index (χ1) is 12.1. The van der Waals surface area contributed by atoms with Gasteiger partial charge in [-0.15, -0.1) is 10.2 Å². The number of carbonyl (C=O) groups is 1. The Labute approximate surface area is 146 Å². The van der Waals surface area contributed by atoms with Crippen LogP contribution in [0.2, 0.25) is 0 Å². The largest absolute Gasteiger partial charge is 0.347 e. The van der Waals surface area contributed by atoms with Gasteiger partial charge in [0.1, 0.15) is 11.6 Å². The Morgan fingerprint density at radius 1 is 1.20 bits per heavy atom. The fraction of sp³-hybridized carbons (Fsp3) is 0.316. The summed E-state index contributed by atoms with van der Waals surface area (Å²) in [5.41, 5.74) is 2.84. The zero-order valence-electron chi connectivity index (χ0n) is 14.4. The molecule has 6 heteroatoms. The molecule has 0 fully saturated rings. The van der Waals surface area contributed by atoms with E-state index in [1.54, 1.807) is 0 Å². The first-order valence-corrected chi connectivity index (χ1v) is 8.55. The molecule has 25 heavy (non-hydrogen) atoms. The Bertz CT molecular complexity index is 910. The molecular weight excluding hydrogens is 314 g/mol. The molecular formula is C19H21N5O. The van der Waals surface area contributed by atoms with Gasteiger partial charge in [-0.05, 0) is 50.1 Å². The Balaban J connectivity index is 1.52. The molecule has 2 aromatic heterocycles. The van der Waals surface area contributed by atoms with Gasteiger partial charge in [-0.25, -0.2) is 0 Å². The fourth-order valence-corrected chi connectivity index (χ4v) is 3.37. The molecule has 3 heterocycles. The maximum atomic E-state index is 12.7. The van der Waals surface area contributed by atoms with Gasteiger partial charge in [-0.1, -0.05) is 6.07 Å². The van der Waals surface area contributed by atoms with Crippen LogP contribution in [0.15, 0.2) is 42.7 Å². The number of fused-ring (bicyclic) bond motifs is 1. The summed E-state index contributed by atoms with van der Waals surface area (Å²) in [7, 11) is 0. The lowest BCUT2D eigenvalue weighted by Crippen LogP contribution is -2.41. The molecule has 0 spiro atoms. The van der Waals surface area contributed by atoms with E-state index in [2.05, 4.69) is 27.0 Å². The van der Waals surface area contributed by atoms with Crippen LogP contribution in [0.1, 0.15) is 34.0 Å². The van der Waals surface area contributed by atoms with Crippen molar-refractivity contribution in [2.24, 2.45) is 0 Å². The molecule has 6 nitrogen and oxygen atoms in total. The highest BCUT2D eigenvalue weighted by Gasteiger charge is 2.23. The van der Waals surface area contributed by atoms with Gasteiger partial charge >= 0.3 is 0 Å². The van der Waals surface area contributed by atoms with Crippen molar-refractivity contribution in [2.45, 2.75) is 39.3 Å². The molecule has 3 aromatic rings. The molecule has 4 rings (SSSR count). The van der Waals surface area contributed by atoms with Crippen molar-refractivity contribution in [3.05, 3.63) is 65.5 Å². The third-order valence-electron chi connectivity index (χ3n) is 4.82. The van der Waals surface area contributed by atoms with Gasteiger partial charge in [0.2, 0.25) is 0 Å². The van der Waals surface area contributed by atoms with Crippen LogP contribution in [-0.4, -0.2) is 31.3 Å². The highest BCUT2D eigenvalue weighted by atomic mass is 16.1. The summed E-state index contributed by atoms with van der Waals surface area (Å²) in [4.78, 5) is 12.7. The predicted octanol–water partition coefficient (Wildman–Crippen LogP) is 2.43. The third-order valence-corrected chi connectivity index (χ3v) is 4.82. The number of carbonyl (C=O) groups excluding carboxylic acids is 1. The Kier molecular flexibility index (Phi) is 3.87. The number of amides is 1. The van der Waals surface area contributed by atoms with Gasteiger partial charge in [-0.2, -0.15) is 0 Å². The molecule has 1 aliphatic rings. The average Bonchev–Trinajstić information content (AvgIpc) is 3.26. The van der Waals surface area contributed by atoms with Crippen LogP contribution >= 0.6 is 0 Å². The number of hydrogen-bond acceptors (Lipinski definition) is 3. The van der Waals surface area contributed by atoms with Gasteiger partial charge < -0.3 is 14.5 Å². The summed E-state index contributed by atoms with van der Waals surface area (Å²) < 4.78 is 4.12. The zero-order chi connectivity index (χ0) is 17.4. The summed E-state index contributed by atoms with van der Waals surface area (Å²) in [6.07, 6.45) is 5.71. The van der Waals surface area contributed by atoms with E-state index >= 15 is 0 Å². The zero-order valence-corrected chi connectivity index (χ0v) is 14.4. The second-order valence-electron chi connectivity index (χ2n) is 6.57. The fourth-order valence-electron chi connectivity index (χ4n) is 3.37. The van der Waals surface area contributed by atoms with E-state index in [1.165, 1.54) is 0 Å². The number of nitrogens with one attached hydrogen (secondary N) is 1. The average molecular weight is 335 g/mol. The van der Waals surface area contributed by atoms with Crippen LogP contribution in [0.3, 0.4) is 0 Å². The second kappa shape index (κ2) is 6.20. The lowest BCUT2D eigenvalue weighted by Gasteiger charge is -2.25. The monoisotopic (exact) mass is 335 g/mol. The lowest BCUT2D eigenvalue weighted by atomic mass is 10.1. The summed E-state index contributed by atoms with van der Waals surface area (Å²) in [6.45, 7) is 4.73. The van der Waals surface area contributed by atoms with Crippen LogP contribution < -0.4 is 5.32 Å². The minimum Gasteiger partial charge on any atom is -0.347 e. The Morgan fingerprint density at radius 2 is 2.00 bits per heavy atom. The van der Waals surface area contributed by atoms with Crippen LogP contribution in [-0.2, 0) is 13.0 Å². The van der Waals surface area contributed by atoms with E-state index < -0.39 is 0 Å². The number of benzene rings is 1. The number of aromatic nitrogens is 4. The SMILES string of the molecule is Cc1ccc(C(=O)N[C@@H]2CCc3nnc(C)n3C2)cc1-n1cccc1. The molecule has 128 valence electrons. The summed E-state index contributed by atoms with van der Waals surface area (Å²) in [6, 6.07) is 9.89. The van der Waals surface area contributed by atoms with E-state index in [9.17, 15) is 4.79 Å². The molecule has 1 N–H and O–H groups in total. The smallest absolute Gasteiger partial charge is 0.251 e. The first kappa shape index (κ1) is 15.6. The van der Waals surface area contributed by atoms with Gasteiger partial charge in [-0.3, -0.25) is 4.79 Å². The minimum absolute atomic E-state index is 0.0346. The van der Waals surface area contributed by atoms with Crippen molar-refractivity contribution >= 4 is 5.91 Å². The van der Waals surface area contributed by atoms with Crippen molar-refractivity contribution < 1.29 is 4.79 Å². The Morgan fingerprint density at radius 3 is 2.80 bits per heavy atom. The number of nitrogens with zero attached hydrogens (tertiary/aromatic N) is 4. The van der Waals surface area contributed by atoms with E-state index in [0.717, 1.165) is 42.3 Å². The van der Waals surface area contributed by atoms with Gasteiger partial charge in [0.05, 0.1) is 0 Å². The van der Waals surface area contributed by atoms with Gasteiger partial charge in [0.15, 0.2) is 0 Å². The third kappa shape index (κ3) is 2.95. The first-order valence-electron chi connectivity index (χ1n) is 8.55. The molecule has 0 aliphatic carbocycles. The molecule has 0 bridgehead atoms. The van der Waals surface area contributed by atoms with E-state index in [-0.39, 0.29) is 11.9 Å². The molecule has 0 saturated carbocycles. The Hall–Kier alpha value is -2.89. The van der Waals surface area contributed by atoms with Crippen molar-refractivity contribution in [1.82, 2.24) is 24.6 Å². The van der Waals surface area contributed by atoms with E-state index in [4.69, 9.17) is 0 Å². The highest BCUT2D eigenvalue weighted by Crippen LogP contribution is 2.18. The molecule has 0 unspecified atom stereocenters. The molecule has 1 aliphatic heterocycles. The number of aryl methyl sites for hydroxylation is 3. The molecule has 1 atom stereocenters. The normalized spacial score (nSPS) is 16.5. The minimum atomic E-state index is -0.0346. The summed E-state index contributed by atoms with van der Waals surface area (Å²) in [5.74, 6) is 1.87. The van der Waals surface area contributed by atoms with Gasteiger partial charge in [0.25, 0.3) is 5.91 Å². The maximum Gasteiger partial charge on any atom is 0.251 e. The topological polar surface area (TPSA) is 64.7 Å². The molecule has 1 aromatic carbocycles. The van der Waals surface area contributed by atoms with Crippen LogP contribution in [0.5, 0.6) is 0 Å². The van der Waals surface area contributed by atoms with Crippen LogP contribution in [0, 0.1) is 13.8 Å². The quantitative estimate of drug-likeness (QED) is 0.799. The number of rotatable bonds is 3. The molecule has 1 amide bonds. The highest BCUT2D eigenvalue weighted by molar-refractivity contribution is 5.95. The van der Waals surface area contributed by atoms with Gasteiger partial charge in [0, 0.05) is 42.7 Å². The van der Waals surface area contributed by atoms with E-state index in [1.807, 2.05) is 54.2 Å². The lowest BCUT2D eigenvalue weighted by molar-refractivity contribution is 0.0927. The summed E-state index contributed by atoms with van der Waals surface area (Å²) >= 11 is 0. The maximum absolute atomic E-state index is 12.7. The predicted molar refractivity (Wildman–Crippen MR) is 94.8 cm³/mol. The van der Waals surface area contributed by atoms with Crippen LogP contribution in [0.25, 0.3) is 5.69 Å². The number of hydrogen-bond donors (Lipinski definition) is 1. The molecule has 0 radical (unpaired) electrons. The summed E-state index contributed by atoms with van der Waals surface area (Å²) in [5, 5.41) is 11.5. The van der Waals surface area contributed by atoms with Crippen molar-refractivity contribution in [2.75, 3.05) is 0 Å². The standard InChI is InChI=1S/C19H21N5O/c1-13-5-6-15(11-17(13)23-9-3-4-10-23)19(25)20-16-7-8-18-22-21-14(2)24(18)12-16/h3-6,9-11,16H,7-8,12H2,1-2H3,(H,20,25)/t16-/m1/s1. The second-order valence-corrected chi connectivity index (χ2v) is 6.57. The molecule has 0 saturated heterocycles. The van der Waals surface area contributed by atoms with E-state index in [0.29, 0.717) is 5.56 Å². The van der Waals surface area contributed by atoms with Crippen LogP contribution in [0.4, 0.5) is 0 Å².